The number of carbonyl (C=O) groups is 1. The summed E-state index contributed by atoms with van der Waals surface area (Å²) in [5.41, 5.74) is 9.73. The number of nitrogens with zero attached hydrogens (tertiary/aromatic N) is 1. The van der Waals surface area contributed by atoms with E-state index in [0.29, 0.717) is 6.04 Å². The van der Waals surface area contributed by atoms with Crippen molar-refractivity contribution in [3.8, 4) is 0 Å². The van der Waals surface area contributed by atoms with Crippen molar-refractivity contribution in [3.63, 3.8) is 0 Å². The van der Waals surface area contributed by atoms with Gasteiger partial charge >= 0.3 is 0 Å². The third kappa shape index (κ3) is 3.02. The van der Waals surface area contributed by atoms with Crippen molar-refractivity contribution in [1.82, 2.24) is 4.90 Å². The molecule has 0 saturated carbocycles. The van der Waals surface area contributed by atoms with Gasteiger partial charge in [0.05, 0.1) is 6.04 Å². The predicted octanol–water partition coefficient (Wildman–Crippen LogP) is 1.54. The second-order valence-electron chi connectivity index (χ2n) is 6.03. The minimum Gasteiger partial charge on any atom is -0.375 e. The van der Waals surface area contributed by atoms with Crippen molar-refractivity contribution in [2.45, 2.75) is 44.3 Å². The summed E-state index contributed by atoms with van der Waals surface area (Å²) < 4.78 is 0. The zero-order chi connectivity index (χ0) is 13.9. The first kappa shape index (κ1) is 13.6. The van der Waals surface area contributed by atoms with Crippen molar-refractivity contribution in [2.75, 3.05) is 18.4 Å². The molecule has 1 atom stereocenters. The molecule has 1 aromatic rings. The summed E-state index contributed by atoms with van der Waals surface area (Å²) >= 11 is 0. The number of piperidine rings is 1. The van der Waals surface area contributed by atoms with Crippen molar-refractivity contribution < 1.29 is 4.79 Å². The van der Waals surface area contributed by atoms with Crippen LogP contribution in [-0.4, -0.2) is 36.4 Å². The summed E-state index contributed by atoms with van der Waals surface area (Å²) in [6, 6.07) is 6.99. The van der Waals surface area contributed by atoms with E-state index < -0.39 is 0 Å². The number of fused-ring (bicyclic) bond motifs is 1. The fourth-order valence-corrected chi connectivity index (χ4v) is 3.13. The van der Waals surface area contributed by atoms with Gasteiger partial charge in [-0.15, -0.1) is 0 Å². The first-order valence-electron chi connectivity index (χ1n) is 7.56. The molecule has 4 heteroatoms. The SMILES string of the molecule is NC1CCN(Cc2ccc3c(c2)NC(C=O)CC3)CC1. The highest BCUT2D eigenvalue weighted by Gasteiger charge is 2.19. The Morgan fingerprint density at radius 3 is 2.85 bits per heavy atom. The topological polar surface area (TPSA) is 58.4 Å². The summed E-state index contributed by atoms with van der Waals surface area (Å²) in [5, 5.41) is 3.32. The van der Waals surface area contributed by atoms with E-state index in [-0.39, 0.29) is 6.04 Å². The number of anilines is 1. The Morgan fingerprint density at radius 1 is 1.30 bits per heavy atom. The van der Waals surface area contributed by atoms with Gasteiger partial charge in [0.2, 0.25) is 0 Å². The smallest absolute Gasteiger partial charge is 0.142 e. The normalized spacial score (nSPS) is 23.9. The molecule has 1 saturated heterocycles. The Bertz CT molecular complexity index is 481. The first-order chi connectivity index (χ1) is 9.74. The number of benzene rings is 1. The van der Waals surface area contributed by atoms with Crippen LogP contribution in [0.4, 0.5) is 5.69 Å². The standard InChI is InChI=1S/C16H23N3O/c17-14-5-7-19(8-6-14)10-12-1-2-13-3-4-15(11-20)18-16(13)9-12/h1-2,9,11,14-15,18H,3-8,10,17H2. The van der Waals surface area contributed by atoms with Crippen molar-refractivity contribution >= 4 is 12.0 Å². The molecule has 3 N–H and O–H groups in total. The van der Waals surface area contributed by atoms with Crippen LogP contribution < -0.4 is 11.1 Å². The molecular formula is C16H23N3O. The van der Waals surface area contributed by atoms with Gasteiger partial charge < -0.3 is 15.8 Å². The molecule has 0 spiro atoms. The molecule has 4 nitrogen and oxygen atoms in total. The van der Waals surface area contributed by atoms with Crippen LogP contribution >= 0.6 is 0 Å². The van der Waals surface area contributed by atoms with Crippen molar-refractivity contribution in [3.05, 3.63) is 29.3 Å². The highest BCUT2D eigenvalue weighted by molar-refractivity contribution is 5.68. The molecule has 2 aliphatic rings. The minimum absolute atomic E-state index is 0.0225. The average molecular weight is 273 g/mol. The number of nitrogens with two attached hydrogens (primary N) is 1. The van der Waals surface area contributed by atoms with E-state index in [9.17, 15) is 4.79 Å². The highest BCUT2D eigenvalue weighted by atomic mass is 16.1. The number of nitrogens with one attached hydrogen (secondary N) is 1. The van der Waals surface area contributed by atoms with Crippen LogP contribution in [-0.2, 0) is 17.8 Å². The number of hydrogen-bond acceptors (Lipinski definition) is 4. The van der Waals surface area contributed by atoms with Gasteiger partial charge in [0, 0.05) is 18.3 Å². The van der Waals surface area contributed by atoms with E-state index in [4.69, 9.17) is 5.73 Å². The predicted molar refractivity (Wildman–Crippen MR) is 80.7 cm³/mol. The van der Waals surface area contributed by atoms with Gasteiger partial charge in [-0.1, -0.05) is 12.1 Å². The molecule has 0 amide bonds. The van der Waals surface area contributed by atoms with E-state index in [2.05, 4.69) is 28.4 Å². The summed E-state index contributed by atoms with van der Waals surface area (Å²) in [5.74, 6) is 0. The lowest BCUT2D eigenvalue weighted by atomic mass is 9.97. The molecule has 0 radical (unpaired) electrons. The van der Waals surface area contributed by atoms with Crippen LogP contribution in [0.2, 0.25) is 0 Å². The third-order valence-electron chi connectivity index (χ3n) is 4.44. The molecule has 108 valence electrons. The molecular weight excluding hydrogens is 250 g/mol. The third-order valence-corrected chi connectivity index (χ3v) is 4.44. The maximum atomic E-state index is 10.9. The van der Waals surface area contributed by atoms with Crippen LogP contribution in [0, 0.1) is 0 Å². The number of rotatable bonds is 3. The second kappa shape index (κ2) is 5.94. The molecule has 1 aromatic carbocycles. The van der Waals surface area contributed by atoms with E-state index in [0.717, 1.165) is 57.3 Å². The molecule has 2 aliphatic heterocycles. The monoisotopic (exact) mass is 273 g/mol. The molecule has 0 aliphatic carbocycles. The lowest BCUT2D eigenvalue weighted by Gasteiger charge is -2.30. The maximum Gasteiger partial charge on any atom is 0.142 e. The lowest BCUT2D eigenvalue weighted by molar-refractivity contribution is -0.108. The second-order valence-corrected chi connectivity index (χ2v) is 6.03. The molecule has 1 unspecified atom stereocenters. The van der Waals surface area contributed by atoms with Crippen molar-refractivity contribution in [1.29, 1.82) is 0 Å². The zero-order valence-electron chi connectivity index (χ0n) is 11.8. The number of likely N-dealkylation sites (tertiary alicyclic amines) is 1. The Balaban J connectivity index is 1.67. The van der Waals surface area contributed by atoms with Crippen LogP contribution in [0.15, 0.2) is 18.2 Å². The summed E-state index contributed by atoms with van der Waals surface area (Å²) in [6.45, 7) is 3.15. The van der Waals surface area contributed by atoms with Gasteiger partial charge in [-0.05, 0) is 56.0 Å². The Morgan fingerprint density at radius 2 is 2.10 bits per heavy atom. The fraction of sp³-hybridized carbons (Fsp3) is 0.562. The number of aldehydes is 1. The van der Waals surface area contributed by atoms with E-state index in [1.807, 2.05) is 0 Å². The number of carbonyl (C=O) groups excluding carboxylic acids is 1. The quantitative estimate of drug-likeness (QED) is 0.820. The molecule has 3 rings (SSSR count). The van der Waals surface area contributed by atoms with Gasteiger partial charge in [-0.3, -0.25) is 4.90 Å². The zero-order valence-corrected chi connectivity index (χ0v) is 11.8. The number of hydrogen-bond donors (Lipinski definition) is 2. The molecule has 20 heavy (non-hydrogen) atoms. The maximum absolute atomic E-state index is 10.9. The number of aryl methyl sites for hydroxylation is 1. The van der Waals surface area contributed by atoms with E-state index in [1.54, 1.807) is 0 Å². The van der Waals surface area contributed by atoms with Gasteiger partial charge in [-0.2, -0.15) is 0 Å². The molecule has 2 heterocycles. The van der Waals surface area contributed by atoms with Crippen LogP contribution in [0.25, 0.3) is 0 Å². The van der Waals surface area contributed by atoms with Crippen LogP contribution in [0.5, 0.6) is 0 Å². The highest BCUT2D eigenvalue weighted by Crippen LogP contribution is 2.26. The molecule has 0 bridgehead atoms. The first-order valence-corrected chi connectivity index (χ1v) is 7.56. The van der Waals surface area contributed by atoms with E-state index >= 15 is 0 Å². The van der Waals surface area contributed by atoms with Crippen LogP contribution in [0.1, 0.15) is 30.4 Å². The molecule has 0 aromatic heterocycles. The lowest BCUT2D eigenvalue weighted by Crippen LogP contribution is -2.39. The Labute approximate surface area is 120 Å². The van der Waals surface area contributed by atoms with Gasteiger partial charge in [0.25, 0.3) is 0 Å². The Hall–Kier alpha value is -1.39. The average Bonchev–Trinajstić information content (AvgIpc) is 2.49. The van der Waals surface area contributed by atoms with E-state index in [1.165, 1.54) is 11.1 Å². The summed E-state index contributed by atoms with van der Waals surface area (Å²) in [6.07, 6.45) is 5.10. The summed E-state index contributed by atoms with van der Waals surface area (Å²) in [4.78, 5) is 13.4. The summed E-state index contributed by atoms with van der Waals surface area (Å²) in [7, 11) is 0. The minimum atomic E-state index is -0.0225. The van der Waals surface area contributed by atoms with Gasteiger partial charge in [-0.25, -0.2) is 0 Å². The fourth-order valence-electron chi connectivity index (χ4n) is 3.13. The van der Waals surface area contributed by atoms with Gasteiger partial charge in [0.15, 0.2) is 0 Å². The van der Waals surface area contributed by atoms with Crippen LogP contribution in [0.3, 0.4) is 0 Å². The Kier molecular flexibility index (Phi) is 4.03. The van der Waals surface area contributed by atoms with Crippen molar-refractivity contribution in [2.24, 2.45) is 5.73 Å². The van der Waals surface area contributed by atoms with Gasteiger partial charge in [0.1, 0.15) is 6.29 Å². The molecule has 1 fully saturated rings. The largest absolute Gasteiger partial charge is 0.375 e.